The maximum atomic E-state index is 12.3. The number of halogens is 1. The fourth-order valence-corrected chi connectivity index (χ4v) is 3.66. The van der Waals surface area contributed by atoms with Crippen LogP contribution in [0.2, 0.25) is 5.02 Å². The normalized spacial score (nSPS) is 15.0. The lowest BCUT2D eigenvalue weighted by molar-refractivity contribution is 0.0485. The van der Waals surface area contributed by atoms with Crippen molar-refractivity contribution < 1.29 is 9.53 Å². The van der Waals surface area contributed by atoms with Gasteiger partial charge in [-0.2, -0.15) is 9.78 Å². The van der Waals surface area contributed by atoms with Gasteiger partial charge in [-0.15, -0.1) is 10.2 Å². The van der Waals surface area contributed by atoms with Gasteiger partial charge in [-0.1, -0.05) is 49.3 Å². The quantitative estimate of drug-likeness (QED) is 0.785. The van der Waals surface area contributed by atoms with Crippen molar-refractivity contribution in [3.8, 4) is 0 Å². The first-order chi connectivity index (χ1) is 13.1. The highest BCUT2D eigenvalue weighted by atomic mass is 35.5. The second kappa shape index (κ2) is 8.13. The van der Waals surface area contributed by atoms with Gasteiger partial charge in [-0.05, 0) is 44.4 Å². The van der Waals surface area contributed by atoms with Crippen molar-refractivity contribution in [2.24, 2.45) is 11.0 Å². The van der Waals surface area contributed by atoms with E-state index in [0.29, 0.717) is 21.8 Å². The number of hydrogen-bond acceptors (Lipinski definition) is 6. The van der Waals surface area contributed by atoms with E-state index in [1.54, 1.807) is 16.4 Å². The number of hydrogen-bond donors (Lipinski definition) is 1. The molecule has 7 nitrogen and oxygen atoms in total. The highest BCUT2D eigenvalue weighted by Crippen LogP contribution is 2.29. The van der Waals surface area contributed by atoms with E-state index in [9.17, 15) is 4.79 Å². The van der Waals surface area contributed by atoms with Gasteiger partial charge in [0.25, 0.3) is 0 Å². The van der Waals surface area contributed by atoms with Gasteiger partial charge in [-0.25, -0.2) is 4.79 Å². The number of fused-ring (bicyclic) bond motifs is 1. The number of rotatable bonds is 4. The molecule has 0 bridgehead atoms. The van der Waals surface area contributed by atoms with Crippen molar-refractivity contribution in [2.45, 2.75) is 51.4 Å². The summed E-state index contributed by atoms with van der Waals surface area (Å²) in [5.41, 5.74) is 1.31. The van der Waals surface area contributed by atoms with E-state index >= 15 is 0 Å². The molecule has 2 heterocycles. The zero-order chi connectivity index (χ0) is 20.5. The minimum absolute atomic E-state index is 0.0712. The first-order valence-corrected chi connectivity index (χ1v) is 10.4. The van der Waals surface area contributed by atoms with Gasteiger partial charge in [0.15, 0.2) is 5.82 Å². The van der Waals surface area contributed by atoms with Crippen LogP contribution in [0, 0.1) is 5.92 Å². The Kier molecular flexibility index (Phi) is 6.00. The van der Waals surface area contributed by atoms with E-state index in [-0.39, 0.29) is 12.0 Å². The molecule has 1 aromatic carbocycles. The number of carbonyl (C=O) groups excluding carboxylic acids is 1. The van der Waals surface area contributed by atoms with Crippen molar-refractivity contribution >= 4 is 35.2 Å². The van der Waals surface area contributed by atoms with Crippen LogP contribution in [0.5, 0.6) is 0 Å². The van der Waals surface area contributed by atoms with Gasteiger partial charge < -0.3 is 10.1 Å². The summed E-state index contributed by atoms with van der Waals surface area (Å²) in [6.07, 6.45) is -0.492. The van der Waals surface area contributed by atoms with Gasteiger partial charge in [-0.3, -0.25) is 0 Å². The summed E-state index contributed by atoms with van der Waals surface area (Å²) in [5, 5.41) is 17.6. The van der Waals surface area contributed by atoms with E-state index in [1.807, 2.05) is 58.9 Å². The molecule has 1 aromatic heterocycles. The Hall–Kier alpha value is -2.06. The summed E-state index contributed by atoms with van der Waals surface area (Å²) < 4.78 is 7.11. The van der Waals surface area contributed by atoms with Crippen molar-refractivity contribution in [1.82, 2.24) is 20.2 Å². The van der Waals surface area contributed by atoms with Crippen molar-refractivity contribution in [2.75, 3.05) is 5.75 Å². The van der Waals surface area contributed by atoms with E-state index < -0.39 is 11.7 Å². The maximum Gasteiger partial charge on any atom is 0.408 e. The molecule has 150 valence electrons. The molecule has 0 saturated carbocycles. The molecule has 0 radical (unpaired) electrons. The summed E-state index contributed by atoms with van der Waals surface area (Å²) >= 11 is 7.54. The molecule has 0 unspecified atom stereocenters. The monoisotopic (exact) mass is 421 g/mol. The third kappa shape index (κ3) is 4.86. The Balaban J connectivity index is 1.90. The summed E-state index contributed by atoms with van der Waals surface area (Å²) in [6, 6.07) is 7.18. The Labute approximate surface area is 173 Å². The zero-order valence-corrected chi connectivity index (χ0v) is 18.1. The summed E-state index contributed by atoms with van der Waals surface area (Å²) in [4.78, 5) is 12.3. The molecule has 9 heteroatoms. The lowest BCUT2D eigenvalue weighted by atomic mass is 10.0. The molecular weight excluding hydrogens is 398 g/mol. The molecule has 0 saturated heterocycles. The lowest BCUT2D eigenvalue weighted by Crippen LogP contribution is -2.38. The Morgan fingerprint density at radius 2 is 1.93 bits per heavy atom. The van der Waals surface area contributed by atoms with Gasteiger partial charge >= 0.3 is 6.09 Å². The van der Waals surface area contributed by atoms with Crippen LogP contribution >= 0.6 is 23.4 Å². The fraction of sp³-hybridized carbons (Fsp3) is 0.474. The Morgan fingerprint density at radius 1 is 1.25 bits per heavy atom. The molecule has 1 amide bonds. The van der Waals surface area contributed by atoms with Crippen LogP contribution in [-0.2, 0) is 4.74 Å². The predicted molar refractivity (Wildman–Crippen MR) is 111 cm³/mol. The first kappa shape index (κ1) is 20.7. The van der Waals surface area contributed by atoms with E-state index in [4.69, 9.17) is 21.4 Å². The summed E-state index contributed by atoms with van der Waals surface area (Å²) in [7, 11) is 0. The van der Waals surface area contributed by atoms with Crippen LogP contribution in [0.15, 0.2) is 34.5 Å². The Morgan fingerprint density at radius 3 is 2.54 bits per heavy atom. The van der Waals surface area contributed by atoms with Crippen LogP contribution in [0.1, 0.15) is 52.0 Å². The molecule has 1 aliphatic rings. The second-order valence-electron chi connectivity index (χ2n) is 7.86. The number of nitrogens with zero attached hydrogens (tertiary/aromatic N) is 4. The molecular formula is C19H24ClN5O2S. The van der Waals surface area contributed by atoms with E-state index in [1.165, 1.54) is 0 Å². The van der Waals surface area contributed by atoms with Crippen LogP contribution in [0.4, 0.5) is 4.79 Å². The topological polar surface area (TPSA) is 81.4 Å². The van der Waals surface area contributed by atoms with Crippen molar-refractivity contribution in [3.05, 3.63) is 40.7 Å². The van der Waals surface area contributed by atoms with Gasteiger partial charge in [0.1, 0.15) is 5.60 Å². The minimum Gasteiger partial charge on any atom is -0.444 e. The summed E-state index contributed by atoms with van der Waals surface area (Å²) in [6.45, 7) is 9.49. The van der Waals surface area contributed by atoms with Gasteiger partial charge in [0.05, 0.1) is 11.8 Å². The van der Waals surface area contributed by atoms with Crippen LogP contribution in [0.3, 0.4) is 0 Å². The highest BCUT2D eigenvalue weighted by Gasteiger charge is 2.30. The minimum atomic E-state index is -0.578. The number of thioether (sulfide) groups is 1. The van der Waals surface area contributed by atoms with Crippen LogP contribution in [0.25, 0.3) is 0 Å². The number of alkyl carbamates (subject to hydrolysis) is 1. The number of aromatic nitrogens is 3. The smallest absolute Gasteiger partial charge is 0.408 e. The fourth-order valence-electron chi connectivity index (χ4n) is 2.68. The number of benzene rings is 1. The summed E-state index contributed by atoms with van der Waals surface area (Å²) in [5.74, 6) is 1.34. The molecule has 3 rings (SSSR count). The molecule has 1 N–H and O–H groups in total. The van der Waals surface area contributed by atoms with E-state index in [0.717, 1.165) is 11.3 Å². The Bertz CT molecular complexity index is 887. The molecule has 1 atom stereocenters. The standard InChI is InChI=1S/C19H24ClN5O2S/c1-11(2)15(21-18(26)27-19(3,4)5)16-22-23-17-25(16)24-14(10-28-17)12-6-8-13(20)9-7-12/h6-9,11,15H,10H2,1-5H3,(H,21,26)/t15-/m0/s1. The zero-order valence-electron chi connectivity index (χ0n) is 16.6. The van der Waals surface area contributed by atoms with Gasteiger partial charge in [0, 0.05) is 10.8 Å². The molecule has 0 fully saturated rings. The molecule has 0 spiro atoms. The lowest BCUT2D eigenvalue weighted by Gasteiger charge is -2.25. The molecule has 1 aliphatic heterocycles. The number of ether oxygens (including phenoxy) is 1. The SMILES string of the molecule is CC(C)[C@H](NC(=O)OC(C)(C)C)c1nnc2n1N=C(c1ccc(Cl)cc1)CS2. The van der Waals surface area contributed by atoms with E-state index in [2.05, 4.69) is 15.5 Å². The third-order valence-corrected chi connectivity index (χ3v) is 5.17. The van der Waals surface area contributed by atoms with Crippen molar-refractivity contribution in [3.63, 3.8) is 0 Å². The third-order valence-electron chi connectivity index (χ3n) is 3.99. The molecule has 28 heavy (non-hydrogen) atoms. The number of nitrogens with one attached hydrogen (secondary N) is 1. The largest absolute Gasteiger partial charge is 0.444 e. The number of carbonyl (C=O) groups is 1. The molecule has 0 aliphatic carbocycles. The second-order valence-corrected chi connectivity index (χ2v) is 9.24. The highest BCUT2D eigenvalue weighted by molar-refractivity contribution is 7.99. The maximum absolute atomic E-state index is 12.3. The van der Waals surface area contributed by atoms with Crippen LogP contribution < -0.4 is 5.32 Å². The number of amides is 1. The molecule has 2 aromatic rings. The van der Waals surface area contributed by atoms with Gasteiger partial charge in [0.2, 0.25) is 5.16 Å². The predicted octanol–water partition coefficient (Wildman–Crippen LogP) is 4.51. The van der Waals surface area contributed by atoms with Crippen molar-refractivity contribution in [1.29, 1.82) is 0 Å². The van der Waals surface area contributed by atoms with Crippen LogP contribution in [-0.4, -0.2) is 38.0 Å². The average molecular weight is 422 g/mol. The average Bonchev–Trinajstić information content (AvgIpc) is 3.01. The first-order valence-electron chi connectivity index (χ1n) is 9.05.